The molecule has 0 saturated carbocycles. The third-order valence-corrected chi connectivity index (χ3v) is 9.78. The summed E-state index contributed by atoms with van der Waals surface area (Å²) in [5.41, 5.74) is 5.69. The highest BCUT2D eigenvalue weighted by molar-refractivity contribution is 7.89. The maximum Gasteiger partial charge on any atom is 0.254 e. The van der Waals surface area contributed by atoms with Crippen LogP contribution in [0, 0.1) is 37.9 Å². The van der Waals surface area contributed by atoms with Crippen LogP contribution in [-0.4, -0.2) is 69.0 Å². The lowest BCUT2D eigenvalue weighted by atomic mass is 9.94. The molecule has 2 aromatic carbocycles. The fourth-order valence-corrected chi connectivity index (χ4v) is 6.98. The number of carbonyl (C=O) groups is 1. The molecule has 2 fully saturated rings. The van der Waals surface area contributed by atoms with Crippen LogP contribution in [0.4, 0.5) is 21.6 Å². The lowest BCUT2D eigenvalue weighted by molar-refractivity contribution is 0.0672. The number of halogens is 1. The van der Waals surface area contributed by atoms with Crippen molar-refractivity contribution in [2.24, 2.45) is 5.14 Å². The lowest BCUT2D eigenvalue weighted by Crippen LogP contribution is -2.54. The molecule has 0 aliphatic carbocycles. The highest BCUT2D eigenvalue weighted by Gasteiger charge is 2.32. The molecule has 44 heavy (non-hydrogen) atoms. The van der Waals surface area contributed by atoms with Gasteiger partial charge in [0, 0.05) is 62.3 Å². The summed E-state index contributed by atoms with van der Waals surface area (Å²) >= 11 is 0. The maximum atomic E-state index is 14.0. The topological polar surface area (TPSA) is 136 Å². The molecule has 232 valence electrons. The van der Waals surface area contributed by atoms with Crippen molar-refractivity contribution in [1.82, 2.24) is 9.88 Å². The second kappa shape index (κ2) is 12.4. The van der Waals surface area contributed by atoms with Gasteiger partial charge in [0.05, 0.1) is 11.3 Å². The van der Waals surface area contributed by atoms with E-state index in [4.69, 9.17) is 5.14 Å². The molecule has 0 bridgehead atoms. The van der Waals surface area contributed by atoms with Crippen molar-refractivity contribution in [3.05, 3.63) is 76.2 Å². The molecule has 0 spiro atoms. The molecule has 0 radical (unpaired) electrons. The summed E-state index contributed by atoms with van der Waals surface area (Å²) in [6.45, 7) is 10.7. The van der Waals surface area contributed by atoms with E-state index < -0.39 is 15.8 Å². The average Bonchev–Trinajstić information content (AvgIpc) is 3.00. The van der Waals surface area contributed by atoms with Crippen molar-refractivity contribution in [1.29, 1.82) is 5.26 Å². The van der Waals surface area contributed by atoms with Crippen LogP contribution in [0.1, 0.15) is 52.4 Å². The molecule has 2 aliphatic rings. The summed E-state index contributed by atoms with van der Waals surface area (Å²) in [6.07, 6.45) is 3.19. The number of nitrogens with two attached hydrogens (primary N) is 1. The minimum absolute atomic E-state index is 0.0262. The number of aromatic nitrogens is 1. The van der Waals surface area contributed by atoms with Gasteiger partial charge in [0.25, 0.3) is 5.91 Å². The van der Waals surface area contributed by atoms with Gasteiger partial charge >= 0.3 is 0 Å². The summed E-state index contributed by atoms with van der Waals surface area (Å²) in [7, 11) is -3.95. The standard InChI is InChI=1S/C32H38FN7O3S/c1-20-16-27(32(41)40-15-14-39(19-21(40)2)31-29(44(35,42)43)6-5-11-36-31)23(4)30(22(20)3)37-26-9-12-38(13-10-26)28-8-7-25(33)17-24(28)18-34/h5-8,11,16-17,21,26,37H,9-10,12-15,19H2,1-4H3,(H2,35,42,43)/t21-/m0/s1. The number of primary sulfonamides is 1. The Labute approximate surface area is 258 Å². The number of aryl methyl sites for hydroxylation is 1. The molecular weight excluding hydrogens is 581 g/mol. The molecule has 2 aliphatic heterocycles. The second-order valence-electron chi connectivity index (χ2n) is 11.7. The number of piperazine rings is 1. The van der Waals surface area contributed by atoms with Crippen LogP contribution in [0.15, 0.2) is 47.5 Å². The molecule has 3 N–H and O–H groups in total. The van der Waals surface area contributed by atoms with Crippen molar-refractivity contribution < 1.29 is 17.6 Å². The zero-order valence-electron chi connectivity index (χ0n) is 25.5. The minimum Gasteiger partial charge on any atom is -0.382 e. The predicted octanol–water partition coefficient (Wildman–Crippen LogP) is 4.10. The highest BCUT2D eigenvalue weighted by atomic mass is 32.2. The van der Waals surface area contributed by atoms with E-state index in [1.807, 2.05) is 36.6 Å². The molecule has 5 rings (SSSR count). The molecule has 0 unspecified atom stereocenters. The Hall–Kier alpha value is -4.21. The fraction of sp³-hybridized carbons (Fsp3) is 0.406. The third kappa shape index (κ3) is 6.21. The Kier molecular flexibility index (Phi) is 8.81. The number of sulfonamides is 1. The zero-order valence-corrected chi connectivity index (χ0v) is 26.3. The van der Waals surface area contributed by atoms with Gasteiger partial charge in [0.2, 0.25) is 10.0 Å². The molecule has 2 saturated heterocycles. The van der Waals surface area contributed by atoms with E-state index in [0.29, 0.717) is 36.6 Å². The van der Waals surface area contributed by atoms with Gasteiger partial charge in [0.1, 0.15) is 22.6 Å². The SMILES string of the molecule is Cc1cc(C(=O)N2CCN(c3ncccc3S(N)(=O)=O)C[C@@H]2C)c(C)c(NC2CCN(c3ccc(F)cc3C#N)CC2)c1C. The summed E-state index contributed by atoms with van der Waals surface area (Å²) in [5.74, 6) is -0.181. The monoisotopic (exact) mass is 619 g/mol. The maximum absolute atomic E-state index is 14.0. The normalized spacial score (nSPS) is 17.8. The number of nitriles is 1. The molecule has 1 atom stereocenters. The third-order valence-electron chi connectivity index (χ3n) is 8.85. The molecule has 10 nitrogen and oxygen atoms in total. The van der Waals surface area contributed by atoms with Crippen LogP contribution in [-0.2, 0) is 10.0 Å². The number of nitrogens with zero attached hydrogens (tertiary/aromatic N) is 5. The van der Waals surface area contributed by atoms with E-state index in [2.05, 4.69) is 28.2 Å². The van der Waals surface area contributed by atoms with E-state index >= 15 is 0 Å². The van der Waals surface area contributed by atoms with E-state index in [0.717, 1.165) is 54.0 Å². The summed E-state index contributed by atoms with van der Waals surface area (Å²) in [4.78, 5) is 24.1. The number of hydrogen-bond donors (Lipinski definition) is 2. The largest absolute Gasteiger partial charge is 0.382 e. The van der Waals surface area contributed by atoms with Gasteiger partial charge in [-0.25, -0.2) is 22.9 Å². The first-order chi connectivity index (χ1) is 20.9. The Morgan fingerprint density at radius 3 is 2.45 bits per heavy atom. The summed E-state index contributed by atoms with van der Waals surface area (Å²) in [5, 5.41) is 18.6. The number of rotatable bonds is 6. The Balaban J connectivity index is 1.30. The van der Waals surface area contributed by atoms with Gasteiger partial charge < -0.3 is 20.0 Å². The minimum atomic E-state index is -3.95. The number of carbonyl (C=O) groups excluding carboxylic acids is 1. The first kappa shape index (κ1) is 31.2. The van der Waals surface area contributed by atoms with Crippen LogP contribution in [0.5, 0.6) is 0 Å². The molecule has 12 heteroatoms. The van der Waals surface area contributed by atoms with Gasteiger partial charge in [-0.2, -0.15) is 5.26 Å². The van der Waals surface area contributed by atoms with E-state index in [1.54, 1.807) is 12.1 Å². The van der Waals surface area contributed by atoms with Gasteiger partial charge in [-0.3, -0.25) is 4.79 Å². The molecule has 3 heterocycles. The van der Waals surface area contributed by atoms with Crippen LogP contribution in [0.25, 0.3) is 0 Å². The van der Waals surface area contributed by atoms with Gasteiger partial charge in [-0.05, 0) is 93.6 Å². The van der Waals surface area contributed by atoms with Crippen LogP contribution in [0.3, 0.4) is 0 Å². The van der Waals surface area contributed by atoms with Crippen LogP contribution in [0.2, 0.25) is 0 Å². The molecular formula is C32H38FN7O3S. The zero-order chi connectivity index (χ0) is 31.8. The fourth-order valence-electron chi connectivity index (χ4n) is 6.28. The first-order valence-electron chi connectivity index (χ1n) is 14.7. The van der Waals surface area contributed by atoms with E-state index in [9.17, 15) is 22.9 Å². The van der Waals surface area contributed by atoms with Crippen LogP contribution >= 0.6 is 0 Å². The van der Waals surface area contributed by atoms with E-state index in [1.165, 1.54) is 24.4 Å². The van der Waals surface area contributed by atoms with Crippen molar-refractivity contribution in [2.75, 3.05) is 47.8 Å². The average molecular weight is 620 g/mol. The van der Waals surface area contributed by atoms with Gasteiger partial charge in [-0.1, -0.05) is 0 Å². The van der Waals surface area contributed by atoms with Crippen molar-refractivity contribution in [3.8, 4) is 6.07 Å². The van der Waals surface area contributed by atoms with Crippen molar-refractivity contribution in [3.63, 3.8) is 0 Å². The van der Waals surface area contributed by atoms with E-state index in [-0.39, 0.29) is 22.9 Å². The first-order valence-corrected chi connectivity index (χ1v) is 16.3. The Morgan fingerprint density at radius 1 is 1.07 bits per heavy atom. The highest BCUT2D eigenvalue weighted by Crippen LogP contribution is 2.32. The molecule has 3 aromatic rings. The number of piperidine rings is 1. The number of anilines is 3. The molecule has 1 aromatic heterocycles. The lowest BCUT2D eigenvalue weighted by Gasteiger charge is -2.41. The van der Waals surface area contributed by atoms with Crippen molar-refractivity contribution >= 4 is 33.1 Å². The summed E-state index contributed by atoms with van der Waals surface area (Å²) < 4.78 is 37.9. The van der Waals surface area contributed by atoms with Crippen molar-refractivity contribution in [2.45, 2.75) is 57.5 Å². The quantitative estimate of drug-likeness (QED) is 0.421. The number of amides is 1. The Morgan fingerprint density at radius 2 is 1.80 bits per heavy atom. The number of hydrogen-bond acceptors (Lipinski definition) is 8. The van der Waals surface area contributed by atoms with Gasteiger partial charge in [-0.15, -0.1) is 0 Å². The Bertz CT molecular complexity index is 1730. The van der Waals surface area contributed by atoms with Gasteiger partial charge in [0.15, 0.2) is 0 Å². The smallest absolute Gasteiger partial charge is 0.254 e. The van der Waals surface area contributed by atoms with Crippen LogP contribution < -0.4 is 20.3 Å². The predicted molar refractivity (Wildman–Crippen MR) is 169 cm³/mol. The summed E-state index contributed by atoms with van der Waals surface area (Å²) in [6, 6.07) is 11.4. The molecule has 1 amide bonds. The number of benzene rings is 2. The number of pyridine rings is 1. The number of nitrogens with one attached hydrogen (secondary N) is 1. The second-order valence-corrected chi connectivity index (χ2v) is 13.2.